The van der Waals surface area contributed by atoms with Gasteiger partial charge in [-0.3, -0.25) is 4.90 Å². The highest BCUT2D eigenvalue weighted by atomic mass is 16.5. The van der Waals surface area contributed by atoms with Gasteiger partial charge in [-0.2, -0.15) is 0 Å². The second-order valence-corrected chi connectivity index (χ2v) is 5.73. The first-order chi connectivity index (χ1) is 11.1. The number of hydrogen-bond acceptors (Lipinski definition) is 5. The van der Waals surface area contributed by atoms with Gasteiger partial charge in [-0.25, -0.2) is 4.79 Å². The average molecular weight is 321 g/mol. The number of nitrogens with one attached hydrogen (secondary N) is 1. The lowest BCUT2D eigenvalue weighted by Gasteiger charge is -2.38. The van der Waals surface area contributed by atoms with E-state index in [1.54, 1.807) is 14.0 Å². The van der Waals surface area contributed by atoms with Crippen LogP contribution in [0.1, 0.15) is 18.5 Å². The predicted octanol–water partition coefficient (Wildman–Crippen LogP) is 1.73. The fourth-order valence-electron chi connectivity index (χ4n) is 2.78. The number of carbonyl (C=O) groups excluding carboxylic acids is 1. The highest BCUT2D eigenvalue weighted by molar-refractivity contribution is 5.67. The van der Waals surface area contributed by atoms with E-state index in [9.17, 15) is 4.79 Å². The average Bonchev–Trinajstić information content (AvgIpc) is 2.57. The number of amides is 1. The molecule has 0 bridgehead atoms. The van der Waals surface area contributed by atoms with Crippen LogP contribution in [0.3, 0.4) is 0 Å². The third-order valence-electron chi connectivity index (χ3n) is 4.19. The molecule has 0 saturated carbocycles. The van der Waals surface area contributed by atoms with E-state index >= 15 is 0 Å². The SMILES string of the molecule is CCOC(=O)NCC(c1ccc(OC)cc1)N1CCN(C)CC1. The van der Waals surface area contributed by atoms with Crippen molar-refractivity contribution >= 4 is 6.09 Å². The molecule has 1 unspecified atom stereocenters. The monoisotopic (exact) mass is 321 g/mol. The van der Waals surface area contributed by atoms with Gasteiger partial charge in [0.15, 0.2) is 0 Å². The summed E-state index contributed by atoms with van der Waals surface area (Å²) >= 11 is 0. The summed E-state index contributed by atoms with van der Waals surface area (Å²) in [4.78, 5) is 16.4. The van der Waals surface area contributed by atoms with Gasteiger partial charge in [0.25, 0.3) is 0 Å². The Hall–Kier alpha value is -1.79. The van der Waals surface area contributed by atoms with Crippen LogP contribution < -0.4 is 10.1 Å². The summed E-state index contributed by atoms with van der Waals surface area (Å²) in [5.41, 5.74) is 1.17. The molecule has 23 heavy (non-hydrogen) atoms. The molecule has 2 rings (SSSR count). The van der Waals surface area contributed by atoms with Crippen LogP contribution in [0.25, 0.3) is 0 Å². The van der Waals surface area contributed by atoms with Crippen LogP contribution in [0, 0.1) is 0 Å². The number of nitrogens with zero attached hydrogens (tertiary/aromatic N) is 2. The molecular formula is C17H27N3O3. The van der Waals surface area contributed by atoms with Gasteiger partial charge in [0.1, 0.15) is 5.75 Å². The van der Waals surface area contributed by atoms with E-state index in [-0.39, 0.29) is 12.1 Å². The summed E-state index contributed by atoms with van der Waals surface area (Å²) in [6.07, 6.45) is -0.361. The third-order valence-corrected chi connectivity index (χ3v) is 4.19. The first-order valence-corrected chi connectivity index (χ1v) is 8.11. The smallest absolute Gasteiger partial charge is 0.407 e. The molecular weight excluding hydrogens is 294 g/mol. The zero-order chi connectivity index (χ0) is 16.7. The molecule has 1 aliphatic rings. The minimum atomic E-state index is -0.361. The summed E-state index contributed by atoms with van der Waals surface area (Å²) in [5.74, 6) is 0.837. The van der Waals surface area contributed by atoms with Crippen molar-refractivity contribution in [3.8, 4) is 5.75 Å². The van der Waals surface area contributed by atoms with Crippen molar-refractivity contribution in [3.05, 3.63) is 29.8 Å². The summed E-state index contributed by atoms with van der Waals surface area (Å²) in [7, 11) is 3.80. The summed E-state index contributed by atoms with van der Waals surface area (Å²) < 4.78 is 10.2. The number of methoxy groups -OCH3 is 1. The Morgan fingerprint density at radius 3 is 2.43 bits per heavy atom. The Balaban J connectivity index is 2.07. The van der Waals surface area contributed by atoms with Gasteiger partial charge in [-0.05, 0) is 31.7 Å². The molecule has 1 aromatic carbocycles. The molecule has 6 heteroatoms. The molecule has 6 nitrogen and oxygen atoms in total. The molecule has 0 spiro atoms. The first kappa shape index (κ1) is 17.6. The fraction of sp³-hybridized carbons (Fsp3) is 0.588. The quantitative estimate of drug-likeness (QED) is 0.865. The summed E-state index contributed by atoms with van der Waals surface area (Å²) in [6, 6.07) is 8.19. The minimum absolute atomic E-state index is 0.138. The number of rotatable bonds is 6. The lowest BCUT2D eigenvalue weighted by atomic mass is 10.0. The van der Waals surface area contributed by atoms with Gasteiger partial charge in [-0.1, -0.05) is 12.1 Å². The second-order valence-electron chi connectivity index (χ2n) is 5.73. The van der Waals surface area contributed by atoms with E-state index in [2.05, 4.69) is 34.3 Å². The van der Waals surface area contributed by atoms with Crippen molar-refractivity contribution in [2.75, 3.05) is 53.5 Å². The molecule has 1 aliphatic heterocycles. The number of piperazine rings is 1. The maximum Gasteiger partial charge on any atom is 0.407 e. The van der Waals surface area contributed by atoms with Crippen LogP contribution >= 0.6 is 0 Å². The standard InChI is InChI=1S/C17H27N3O3/c1-4-23-17(21)18-13-16(20-11-9-19(2)10-12-20)14-5-7-15(22-3)8-6-14/h5-8,16H,4,9-13H2,1-3H3,(H,18,21). The molecule has 0 radical (unpaired) electrons. The molecule has 1 saturated heterocycles. The van der Waals surface area contributed by atoms with Crippen molar-refractivity contribution in [1.82, 2.24) is 15.1 Å². The van der Waals surface area contributed by atoms with Crippen molar-refractivity contribution in [3.63, 3.8) is 0 Å². The van der Waals surface area contributed by atoms with E-state index in [0.717, 1.165) is 31.9 Å². The number of likely N-dealkylation sites (N-methyl/N-ethyl adjacent to an activating group) is 1. The number of carbonyl (C=O) groups is 1. The van der Waals surface area contributed by atoms with E-state index < -0.39 is 0 Å². The van der Waals surface area contributed by atoms with Crippen LogP contribution in [-0.2, 0) is 4.74 Å². The van der Waals surface area contributed by atoms with E-state index in [1.165, 1.54) is 5.56 Å². The molecule has 0 aliphatic carbocycles. The minimum Gasteiger partial charge on any atom is -0.497 e. The molecule has 1 fully saturated rings. The van der Waals surface area contributed by atoms with Crippen LogP contribution in [0.15, 0.2) is 24.3 Å². The largest absolute Gasteiger partial charge is 0.497 e. The Kier molecular flexibility index (Phi) is 6.67. The van der Waals surface area contributed by atoms with Crippen molar-refractivity contribution < 1.29 is 14.3 Å². The van der Waals surface area contributed by atoms with Crippen molar-refractivity contribution in [2.45, 2.75) is 13.0 Å². The number of ether oxygens (including phenoxy) is 2. The Morgan fingerprint density at radius 2 is 1.87 bits per heavy atom. The van der Waals surface area contributed by atoms with Gasteiger partial charge < -0.3 is 19.7 Å². The Bertz CT molecular complexity index is 484. The van der Waals surface area contributed by atoms with Gasteiger partial charge >= 0.3 is 6.09 Å². The Morgan fingerprint density at radius 1 is 1.22 bits per heavy atom. The van der Waals surface area contributed by atoms with Gasteiger partial charge in [0.2, 0.25) is 0 Å². The number of alkyl carbamates (subject to hydrolysis) is 1. The molecule has 1 aromatic rings. The van der Waals surface area contributed by atoms with E-state index in [0.29, 0.717) is 13.2 Å². The molecule has 0 aromatic heterocycles. The number of benzene rings is 1. The van der Waals surface area contributed by atoms with E-state index in [4.69, 9.17) is 9.47 Å². The zero-order valence-corrected chi connectivity index (χ0v) is 14.2. The maximum atomic E-state index is 11.6. The second kappa shape index (κ2) is 8.74. The van der Waals surface area contributed by atoms with Crippen LogP contribution in [0.2, 0.25) is 0 Å². The lowest BCUT2D eigenvalue weighted by Crippen LogP contribution is -2.48. The fourth-order valence-corrected chi connectivity index (χ4v) is 2.78. The maximum absolute atomic E-state index is 11.6. The molecule has 1 N–H and O–H groups in total. The van der Waals surface area contributed by atoms with Crippen molar-refractivity contribution in [1.29, 1.82) is 0 Å². The predicted molar refractivity (Wildman–Crippen MR) is 89.8 cm³/mol. The molecule has 1 amide bonds. The van der Waals surface area contributed by atoms with Crippen LogP contribution in [0.4, 0.5) is 4.79 Å². The highest BCUT2D eigenvalue weighted by Gasteiger charge is 2.24. The Labute approximate surface area is 138 Å². The normalized spacial score (nSPS) is 17.5. The lowest BCUT2D eigenvalue weighted by molar-refractivity contribution is 0.105. The van der Waals surface area contributed by atoms with Gasteiger partial charge in [0, 0.05) is 32.7 Å². The summed E-state index contributed by atoms with van der Waals surface area (Å²) in [6.45, 7) is 6.76. The number of hydrogen-bond donors (Lipinski definition) is 1. The van der Waals surface area contributed by atoms with E-state index in [1.807, 2.05) is 12.1 Å². The molecule has 1 atom stereocenters. The summed E-state index contributed by atoms with van der Waals surface area (Å²) in [5, 5.41) is 2.87. The third kappa shape index (κ3) is 5.11. The molecule has 1 heterocycles. The van der Waals surface area contributed by atoms with Crippen LogP contribution in [-0.4, -0.2) is 69.4 Å². The molecule has 128 valence electrons. The highest BCUT2D eigenvalue weighted by Crippen LogP contribution is 2.23. The topological polar surface area (TPSA) is 54.0 Å². The van der Waals surface area contributed by atoms with Gasteiger partial charge in [-0.15, -0.1) is 0 Å². The van der Waals surface area contributed by atoms with Crippen molar-refractivity contribution in [2.24, 2.45) is 0 Å². The van der Waals surface area contributed by atoms with Crippen LogP contribution in [0.5, 0.6) is 5.75 Å². The first-order valence-electron chi connectivity index (χ1n) is 8.11. The zero-order valence-electron chi connectivity index (χ0n) is 14.2. The van der Waals surface area contributed by atoms with Gasteiger partial charge in [0.05, 0.1) is 19.8 Å².